The molecule has 0 spiro atoms. The molecule has 7 heteroatoms. The molecule has 1 aromatic rings. The lowest BCUT2D eigenvalue weighted by Crippen LogP contribution is -2.33. The second-order valence-electron chi connectivity index (χ2n) is 4.62. The first-order valence-electron chi connectivity index (χ1n) is 5.51. The van der Waals surface area contributed by atoms with Gasteiger partial charge in [0.2, 0.25) is 0 Å². The molecule has 0 aliphatic carbocycles. The Bertz CT molecular complexity index is 377. The third-order valence-electron chi connectivity index (χ3n) is 1.82. The van der Waals surface area contributed by atoms with Crippen LogP contribution >= 0.6 is 23.7 Å². The highest BCUT2D eigenvalue weighted by Crippen LogP contribution is 2.10. The summed E-state index contributed by atoms with van der Waals surface area (Å²) in [6.45, 7) is 6.48. The summed E-state index contributed by atoms with van der Waals surface area (Å²) in [4.78, 5) is 15.6. The number of rotatable bonds is 4. The minimum atomic E-state index is -0.460. The van der Waals surface area contributed by atoms with E-state index in [0.717, 1.165) is 10.7 Å². The Labute approximate surface area is 118 Å². The van der Waals surface area contributed by atoms with E-state index in [1.165, 1.54) is 0 Å². The molecule has 0 saturated heterocycles. The first kappa shape index (κ1) is 17.2. The van der Waals surface area contributed by atoms with E-state index in [1.54, 1.807) is 11.3 Å². The molecule has 0 fully saturated rings. The molecular formula is C11H20ClN3O2S. The second-order valence-corrected chi connectivity index (χ2v) is 5.56. The lowest BCUT2D eigenvalue weighted by molar-refractivity contribution is 0.0528. The average molecular weight is 294 g/mol. The van der Waals surface area contributed by atoms with Crippen LogP contribution in [0.15, 0.2) is 5.38 Å². The zero-order valence-corrected chi connectivity index (χ0v) is 12.5. The molecule has 1 heterocycles. The van der Waals surface area contributed by atoms with Crippen LogP contribution in [0.1, 0.15) is 31.5 Å². The van der Waals surface area contributed by atoms with Crippen molar-refractivity contribution in [3.8, 4) is 0 Å². The summed E-state index contributed by atoms with van der Waals surface area (Å²) in [5, 5.41) is 5.60. The number of hydrogen-bond acceptors (Lipinski definition) is 5. The van der Waals surface area contributed by atoms with E-state index in [2.05, 4.69) is 10.3 Å². The monoisotopic (exact) mass is 293 g/mol. The van der Waals surface area contributed by atoms with Gasteiger partial charge in [-0.05, 0) is 20.8 Å². The van der Waals surface area contributed by atoms with E-state index in [9.17, 15) is 4.79 Å². The molecule has 0 aromatic carbocycles. The van der Waals surface area contributed by atoms with Crippen molar-refractivity contribution in [2.24, 2.45) is 5.73 Å². The molecule has 0 aliphatic heterocycles. The summed E-state index contributed by atoms with van der Waals surface area (Å²) in [6.07, 6.45) is 0.303. The molecule has 1 amide bonds. The van der Waals surface area contributed by atoms with Gasteiger partial charge in [-0.2, -0.15) is 0 Å². The van der Waals surface area contributed by atoms with Crippen molar-refractivity contribution >= 4 is 29.8 Å². The number of carbonyl (C=O) groups is 1. The second kappa shape index (κ2) is 7.56. The molecule has 0 unspecified atom stereocenters. The Kier molecular flexibility index (Phi) is 7.20. The van der Waals surface area contributed by atoms with Gasteiger partial charge in [0.1, 0.15) is 5.60 Å². The van der Waals surface area contributed by atoms with Gasteiger partial charge in [-0.25, -0.2) is 9.78 Å². The molecule has 0 bridgehead atoms. The van der Waals surface area contributed by atoms with Gasteiger partial charge in [0.15, 0.2) is 0 Å². The molecule has 104 valence electrons. The van der Waals surface area contributed by atoms with Gasteiger partial charge in [-0.3, -0.25) is 0 Å². The summed E-state index contributed by atoms with van der Waals surface area (Å²) >= 11 is 1.56. The number of aromatic nitrogens is 1. The highest BCUT2D eigenvalue weighted by Gasteiger charge is 2.15. The first-order valence-corrected chi connectivity index (χ1v) is 6.39. The molecule has 0 radical (unpaired) electrons. The predicted molar refractivity (Wildman–Crippen MR) is 75.2 cm³/mol. The number of nitrogens with one attached hydrogen (secondary N) is 1. The number of carbonyl (C=O) groups excluding carboxylic acids is 1. The molecule has 0 atom stereocenters. The summed E-state index contributed by atoms with van der Waals surface area (Å²) in [7, 11) is 0. The lowest BCUT2D eigenvalue weighted by atomic mass is 10.2. The predicted octanol–water partition coefficient (Wildman–Crippen LogP) is 2.09. The van der Waals surface area contributed by atoms with Gasteiger partial charge in [-0.1, -0.05) is 0 Å². The quantitative estimate of drug-likeness (QED) is 0.891. The zero-order valence-electron chi connectivity index (χ0n) is 10.9. The summed E-state index contributed by atoms with van der Waals surface area (Å²) in [6, 6.07) is 0. The number of amides is 1. The molecule has 18 heavy (non-hydrogen) atoms. The van der Waals surface area contributed by atoms with E-state index in [1.807, 2.05) is 26.2 Å². The van der Waals surface area contributed by atoms with Crippen LogP contribution in [0.25, 0.3) is 0 Å². The number of ether oxygens (including phenoxy) is 1. The summed E-state index contributed by atoms with van der Waals surface area (Å²) in [5.74, 6) is 0. The maximum atomic E-state index is 11.3. The summed E-state index contributed by atoms with van der Waals surface area (Å²) in [5.41, 5.74) is 5.89. The minimum Gasteiger partial charge on any atom is -0.444 e. The number of nitrogens with zero attached hydrogens (tertiary/aromatic N) is 1. The normalized spacial score (nSPS) is 10.7. The topological polar surface area (TPSA) is 77.2 Å². The number of hydrogen-bond donors (Lipinski definition) is 2. The number of alkyl carbamates (subject to hydrolysis) is 1. The SMILES string of the molecule is CC(C)(C)OC(=O)NCCc1nc(CN)cs1.Cl. The molecular weight excluding hydrogens is 274 g/mol. The van der Waals surface area contributed by atoms with E-state index >= 15 is 0 Å². The maximum absolute atomic E-state index is 11.3. The fraction of sp³-hybridized carbons (Fsp3) is 0.636. The van der Waals surface area contributed by atoms with Crippen molar-refractivity contribution in [2.75, 3.05) is 6.54 Å². The van der Waals surface area contributed by atoms with E-state index in [0.29, 0.717) is 19.5 Å². The molecule has 3 N–H and O–H groups in total. The van der Waals surface area contributed by atoms with Crippen LogP contribution in [0.4, 0.5) is 4.79 Å². The fourth-order valence-corrected chi connectivity index (χ4v) is 1.95. The van der Waals surface area contributed by atoms with Crippen molar-refractivity contribution in [1.82, 2.24) is 10.3 Å². The van der Waals surface area contributed by atoms with Crippen molar-refractivity contribution in [3.05, 3.63) is 16.1 Å². The Morgan fingerprint density at radius 3 is 2.72 bits per heavy atom. The Morgan fingerprint density at radius 2 is 2.22 bits per heavy atom. The first-order chi connectivity index (χ1) is 7.90. The number of nitrogens with two attached hydrogens (primary N) is 1. The minimum absolute atomic E-state index is 0. The third-order valence-corrected chi connectivity index (χ3v) is 2.77. The van der Waals surface area contributed by atoms with E-state index in [-0.39, 0.29) is 12.4 Å². The molecule has 1 rings (SSSR count). The molecule has 0 aliphatic rings. The molecule has 0 saturated carbocycles. The van der Waals surface area contributed by atoms with Crippen LogP contribution in [0.5, 0.6) is 0 Å². The fourth-order valence-electron chi connectivity index (χ4n) is 1.14. The van der Waals surface area contributed by atoms with Gasteiger partial charge in [-0.15, -0.1) is 23.7 Å². The van der Waals surface area contributed by atoms with Gasteiger partial charge < -0.3 is 15.8 Å². The van der Waals surface area contributed by atoms with Gasteiger partial charge in [0.05, 0.1) is 10.7 Å². The Hall–Kier alpha value is -0.850. The van der Waals surface area contributed by atoms with Crippen molar-refractivity contribution in [2.45, 2.75) is 39.3 Å². The van der Waals surface area contributed by atoms with Gasteiger partial charge in [0.25, 0.3) is 0 Å². The lowest BCUT2D eigenvalue weighted by Gasteiger charge is -2.19. The molecule has 1 aromatic heterocycles. The summed E-state index contributed by atoms with van der Waals surface area (Å²) < 4.78 is 5.11. The van der Waals surface area contributed by atoms with Gasteiger partial charge in [0, 0.05) is 24.9 Å². The number of thiazole rings is 1. The largest absolute Gasteiger partial charge is 0.444 e. The highest BCUT2D eigenvalue weighted by molar-refractivity contribution is 7.09. The van der Waals surface area contributed by atoms with Crippen LogP contribution in [0.3, 0.4) is 0 Å². The van der Waals surface area contributed by atoms with Crippen molar-refractivity contribution < 1.29 is 9.53 Å². The van der Waals surface area contributed by atoms with Crippen LogP contribution in [-0.4, -0.2) is 23.2 Å². The Morgan fingerprint density at radius 1 is 1.56 bits per heavy atom. The average Bonchev–Trinajstić information content (AvgIpc) is 2.63. The van der Waals surface area contributed by atoms with Crippen LogP contribution < -0.4 is 11.1 Å². The standard InChI is InChI=1S/C11H19N3O2S.ClH/c1-11(2,3)16-10(15)13-5-4-9-14-8(6-12)7-17-9;/h7H,4-6,12H2,1-3H3,(H,13,15);1H. The van der Waals surface area contributed by atoms with Crippen LogP contribution in [0.2, 0.25) is 0 Å². The van der Waals surface area contributed by atoms with Crippen LogP contribution in [-0.2, 0) is 17.7 Å². The zero-order chi connectivity index (χ0) is 12.9. The van der Waals surface area contributed by atoms with Crippen molar-refractivity contribution in [3.63, 3.8) is 0 Å². The van der Waals surface area contributed by atoms with Crippen molar-refractivity contribution in [1.29, 1.82) is 0 Å². The maximum Gasteiger partial charge on any atom is 0.407 e. The highest BCUT2D eigenvalue weighted by atomic mass is 35.5. The number of halogens is 1. The van der Waals surface area contributed by atoms with E-state index < -0.39 is 11.7 Å². The van der Waals surface area contributed by atoms with Crippen LogP contribution in [0, 0.1) is 0 Å². The van der Waals surface area contributed by atoms with Gasteiger partial charge >= 0.3 is 6.09 Å². The third kappa shape index (κ3) is 6.78. The Balaban J connectivity index is 0.00000289. The molecule has 5 nitrogen and oxygen atoms in total. The van der Waals surface area contributed by atoms with E-state index in [4.69, 9.17) is 10.5 Å². The smallest absolute Gasteiger partial charge is 0.407 e.